The fourth-order valence-electron chi connectivity index (χ4n) is 0.789. The topological polar surface area (TPSA) is 38.3 Å². The molecule has 3 nitrogen and oxygen atoms in total. The monoisotopic (exact) mass is 225 g/mol. The number of alkyl halides is 3. The Morgan fingerprint density at radius 3 is 2.64 bits per heavy atom. The van der Waals surface area contributed by atoms with Gasteiger partial charge in [0.25, 0.3) is 5.91 Å². The van der Waals surface area contributed by atoms with E-state index in [0.717, 1.165) is 16.7 Å². The van der Waals surface area contributed by atoms with Crippen LogP contribution in [0.3, 0.4) is 0 Å². The Morgan fingerprint density at radius 2 is 2.14 bits per heavy atom. The van der Waals surface area contributed by atoms with E-state index >= 15 is 0 Å². The number of halogens is 3. The molecule has 1 aromatic rings. The van der Waals surface area contributed by atoms with Gasteiger partial charge in [0.2, 0.25) is 0 Å². The van der Waals surface area contributed by atoms with Crippen molar-refractivity contribution < 1.29 is 22.7 Å². The van der Waals surface area contributed by atoms with Crippen molar-refractivity contribution in [2.75, 3.05) is 7.05 Å². The van der Waals surface area contributed by atoms with Crippen LogP contribution in [0.1, 0.15) is 10.4 Å². The van der Waals surface area contributed by atoms with Crippen LogP contribution in [0.15, 0.2) is 10.8 Å². The Kier molecular flexibility index (Phi) is 3.00. The number of amides is 1. The maximum atomic E-state index is 11.8. The highest BCUT2D eigenvalue weighted by Gasteiger charge is 2.33. The molecule has 0 unspecified atom stereocenters. The summed E-state index contributed by atoms with van der Waals surface area (Å²) >= 11 is 0.965. The van der Waals surface area contributed by atoms with Crippen molar-refractivity contribution >= 4 is 17.2 Å². The molecular formula is C7H6F3NO2S. The first-order valence-electron chi connectivity index (χ1n) is 3.48. The van der Waals surface area contributed by atoms with E-state index in [1.165, 1.54) is 12.4 Å². The van der Waals surface area contributed by atoms with Gasteiger partial charge in [-0.3, -0.25) is 4.79 Å². The molecule has 0 fully saturated rings. The Balaban J connectivity index is 2.88. The quantitative estimate of drug-likeness (QED) is 0.836. The Bertz CT molecular complexity index is 334. The van der Waals surface area contributed by atoms with Crippen LogP contribution in [-0.2, 0) is 0 Å². The summed E-state index contributed by atoms with van der Waals surface area (Å²) in [6.07, 6.45) is -4.77. The zero-order valence-electron chi connectivity index (χ0n) is 7.01. The first kappa shape index (κ1) is 10.8. The molecule has 0 radical (unpaired) electrons. The largest absolute Gasteiger partial charge is 0.573 e. The zero-order valence-corrected chi connectivity index (χ0v) is 7.83. The minimum absolute atomic E-state index is 0.116. The third-order valence-corrected chi connectivity index (χ3v) is 2.05. The molecular weight excluding hydrogens is 219 g/mol. The standard InChI is InChI=1S/C7H6F3NO2S/c1-11-6(12)4-2-14-3-5(4)13-7(8,9)10/h2-3H,1H3,(H,11,12). The Hall–Kier alpha value is -1.24. The van der Waals surface area contributed by atoms with Gasteiger partial charge in [-0.15, -0.1) is 24.5 Å². The first-order chi connectivity index (χ1) is 6.44. The second kappa shape index (κ2) is 3.87. The van der Waals surface area contributed by atoms with E-state index < -0.39 is 18.0 Å². The van der Waals surface area contributed by atoms with Gasteiger partial charge in [0.05, 0.1) is 5.56 Å². The van der Waals surface area contributed by atoms with Crippen LogP contribution in [0.2, 0.25) is 0 Å². The van der Waals surface area contributed by atoms with Gasteiger partial charge >= 0.3 is 6.36 Å². The van der Waals surface area contributed by atoms with E-state index in [1.54, 1.807) is 0 Å². The predicted molar refractivity (Wildman–Crippen MR) is 44.4 cm³/mol. The van der Waals surface area contributed by atoms with Crippen LogP contribution in [0.5, 0.6) is 5.75 Å². The molecule has 0 aliphatic heterocycles. The lowest BCUT2D eigenvalue weighted by atomic mass is 10.3. The summed E-state index contributed by atoms with van der Waals surface area (Å²) in [5.74, 6) is -1.08. The molecule has 1 amide bonds. The van der Waals surface area contributed by atoms with Crippen molar-refractivity contribution in [1.29, 1.82) is 0 Å². The zero-order chi connectivity index (χ0) is 10.8. The molecule has 0 saturated heterocycles. The highest BCUT2D eigenvalue weighted by atomic mass is 32.1. The van der Waals surface area contributed by atoms with E-state index in [4.69, 9.17) is 0 Å². The molecule has 7 heteroatoms. The fourth-order valence-corrected chi connectivity index (χ4v) is 1.52. The summed E-state index contributed by atoms with van der Waals surface area (Å²) in [7, 11) is 1.33. The van der Waals surface area contributed by atoms with Crippen molar-refractivity contribution in [2.45, 2.75) is 6.36 Å². The lowest BCUT2D eigenvalue weighted by Crippen LogP contribution is -2.21. The van der Waals surface area contributed by atoms with Gasteiger partial charge in [0.15, 0.2) is 5.75 Å². The van der Waals surface area contributed by atoms with Crippen molar-refractivity contribution in [3.63, 3.8) is 0 Å². The molecule has 0 aromatic carbocycles. The predicted octanol–water partition coefficient (Wildman–Crippen LogP) is 2.01. The van der Waals surface area contributed by atoms with Crippen molar-refractivity contribution in [1.82, 2.24) is 5.32 Å². The first-order valence-corrected chi connectivity index (χ1v) is 4.42. The van der Waals surface area contributed by atoms with Gasteiger partial charge in [0.1, 0.15) is 0 Å². The van der Waals surface area contributed by atoms with Crippen LogP contribution in [0, 0.1) is 0 Å². The maximum Gasteiger partial charge on any atom is 0.573 e. The molecule has 0 spiro atoms. The number of hydrogen-bond acceptors (Lipinski definition) is 3. The van der Waals surface area contributed by atoms with E-state index in [-0.39, 0.29) is 5.56 Å². The van der Waals surface area contributed by atoms with E-state index in [2.05, 4.69) is 10.1 Å². The van der Waals surface area contributed by atoms with Gasteiger partial charge in [-0.2, -0.15) is 0 Å². The minimum Gasteiger partial charge on any atom is -0.404 e. The maximum absolute atomic E-state index is 11.8. The number of ether oxygens (including phenoxy) is 1. The summed E-state index contributed by atoms with van der Waals surface area (Å²) in [4.78, 5) is 11.0. The van der Waals surface area contributed by atoms with E-state index in [9.17, 15) is 18.0 Å². The average molecular weight is 225 g/mol. The molecule has 78 valence electrons. The van der Waals surface area contributed by atoms with Crippen molar-refractivity contribution in [2.24, 2.45) is 0 Å². The molecule has 14 heavy (non-hydrogen) atoms. The molecule has 0 aliphatic carbocycles. The second-order valence-electron chi connectivity index (χ2n) is 2.28. The SMILES string of the molecule is CNC(=O)c1cscc1OC(F)(F)F. The summed E-state index contributed by atoms with van der Waals surface area (Å²) in [5.41, 5.74) is -0.116. The van der Waals surface area contributed by atoms with Crippen LogP contribution < -0.4 is 10.1 Å². The lowest BCUT2D eigenvalue weighted by molar-refractivity contribution is -0.274. The molecule has 1 rings (SSSR count). The van der Waals surface area contributed by atoms with E-state index in [1.807, 2.05) is 0 Å². The van der Waals surface area contributed by atoms with Gasteiger partial charge in [0, 0.05) is 17.8 Å². The number of hydrogen-bond donors (Lipinski definition) is 1. The van der Waals surface area contributed by atoms with Gasteiger partial charge < -0.3 is 10.1 Å². The number of carbonyl (C=O) groups is 1. The van der Waals surface area contributed by atoms with Crippen LogP contribution >= 0.6 is 11.3 Å². The molecule has 0 saturated carbocycles. The summed E-state index contributed by atoms with van der Waals surface area (Å²) in [5, 5.41) is 4.63. The number of rotatable bonds is 2. The van der Waals surface area contributed by atoms with Crippen LogP contribution in [0.25, 0.3) is 0 Å². The Morgan fingerprint density at radius 1 is 1.50 bits per heavy atom. The Labute approximate surface area is 81.5 Å². The number of nitrogens with one attached hydrogen (secondary N) is 1. The third-order valence-electron chi connectivity index (χ3n) is 1.32. The van der Waals surface area contributed by atoms with Gasteiger partial charge in [-0.1, -0.05) is 0 Å². The van der Waals surface area contributed by atoms with Crippen molar-refractivity contribution in [3.8, 4) is 5.75 Å². The molecule has 1 heterocycles. The summed E-state index contributed by atoms with van der Waals surface area (Å²) in [6.45, 7) is 0. The molecule has 0 aliphatic rings. The van der Waals surface area contributed by atoms with E-state index in [0.29, 0.717) is 0 Å². The third kappa shape index (κ3) is 2.63. The van der Waals surface area contributed by atoms with Crippen molar-refractivity contribution in [3.05, 3.63) is 16.3 Å². The normalized spacial score (nSPS) is 11.1. The fraction of sp³-hybridized carbons (Fsp3) is 0.286. The van der Waals surface area contributed by atoms with Gasteiger partial charge in [-0.25, -0.2) is 0 Å². The summed E-state index contributed by atoms with van der Waals surface area (Å²) < 4.78 is 39.1. The number of carbonyl (C=O) groups excluding carboxylic acids is 1. The van der Waals surface area contributed by atoms with Crippen LogP contribution in [0.4, 0.5) is 13.2 Å². The second-order valence-corrected chi connectivity index (χ2v) is 3.02. The minimum atomic E-state index is -4.77. The van der Waals surface area contributed by atoms with Gasteiger partial charge in [-0.05, 0) is 0 Å². The molecule has 0 atom stereocenters. The number of thiophene rings is 1. The molecule has 0 bridgehead atoms. The molecule has 1 N–H and O–H groups in total. The highest BCUT2D eigenvalue weighted by molar-refractivity contribution is 7.08. The highest BCUT2D eigenvalue weighted by Crippen LogP contribution is 2.29. The average Bonchev–Trinajstić information content (AvgIpc) is 2.48. The molecule has 1 aromatic heterocycles. The van der Waals surface area contributed by atoms with Crippen LogP contribution in [-0.4, -0.2) is 19.3 Å². The summed E-state index contributed by atoms with van der Waals surface area (Å²) in [6, 6.07) is 0. The lowest BCUT2D eigenvalue weighted by Gasteiger charge is -2.08. The smallest absolute Gasteiger partial charge is 0.404 e.